The Balaban J connectivity index is 2.48. The van der Waals surface area contributed by atoms with E-state index in [1.807, 2.05) is 0 Å². The molecule has 1 fully saturated rings. The molecule has 0 bridgehead atoms. The van der Waals surface area contributed by atoms with Crippen LogP contribution in [0.2, 0.25) is 0 Å². The second kappa shape index (κ2) is 5.03. The topological polar surface area (TPSA) is 41.5 Å². The molecule has 1 aliphatic heterocycles. The lowest BCUT2D eigenvalue weighted by Gasteiger charge is -2.30. The highest BCUT2D eigenvalue weighted by molar-refractivity contribution is 4.99. The minimum absolute atomic E-state index is 0.0299. The van der Waals surface area contributed by atoms with Crippen LogP contribution in [0.5, 0.6) is 0 Å². The van der Waals surface area contributed by atoms with Crippen LogP contribution in [-0.2, 0) is 4.74 Å². The molecule has 1 saturated heterocycles. The summed E-state index contributed by atoms with van der Waals surface area (Å²) < 4.78 is 6.04. The van der Waals surface area contributed by atoms with Crippen molar-refractivity contribution in [1.82, 2.24) is 5.32 Å². The molecule has 3 nitrogen and oxygen atoms in total. The summed E-state index contributed by atoms with van der Waals surface area (Å²) in [5.74, 6) is 0. The monoisotopic (exact) mass is 229 g/mol. The molecule has 0 spiro atoms. The smallest absolute Gasteiger partial charge is 0.0787 e. The van der Waals surface area contributed by atoms with Gasteiger partial charge in [-0.2, -0.15) is 0 Å². The normalized spacial score (nSPS) is 29.2. The van der Waals surface area contributed by atoms with E-state index in [2.05, 4.69) is 39.9 Å². The number of nitrogens with one attached hydrogen (secondary N) is 1. The zero-order valence-corrected chi connectivity index (χ0v) is 11.3. The Kier molecular flexibility index (Phi) is 4.38. The SMILES string of the molecule is CC(CCCO)NC1CC(C)(C)OC1(C)C. The minimum atomic E-state index is -0.100. The second-order valence-electron chi connectivity index (χ2n) is 6.16. The van der Waals surface area contributed by atoms with Gasteiger partial charge in [0.25, 0.3) is 0 Å². The van der Waals surface area contributed by atoms with Crippen LogP contribution in [0.1, 0.15) is 53.9 Å². The van der Waals surface area contributed by atoms with Gasteiger partial charge in [0.05, 0.1) is 11.2 Å². The molecule has 2 unspecified atom stereocenters. The van der Waals surface area contributed by atoms with Gasteiger partial charge in [0.2, 0.25) is 0 Å². The van der Waals surface area contributed by atoms with E-state index in [9.17, 15) is 0 Å². The Labute approximate surface area is 99.6 Å². The van der Waals surface area contributed by atoms with Crippen LogP contribution in [0.15, 0.2) is 0 Å². The predicted molar refractivity (Wildman–Crippen MR) is 66.6 cm³/mol. The van der Waals surface area contributed by atoms with Crippen molar-refractivity contribution in [2.75, 3.05) is 6.61 Å². The molecular formula is C13H27NO2. The van der Waals surface area contributed by atoms with E-state index in [0.29, 0.717) is 12.1 Å². The van der Waals surface area contributed by atoms with Gasteiger partial charge in [0.15, 0.2) is 0 Å². The number of aliphatic hydroxyl groups excluding tert-OH is 1. The van der Waals surface area contributed by atoms with Gasteiger partial charge >= 0.3 is 0 Å². The molecule has 3 heteroatoms. The van der Waals surface area contributed by atoms with E-state index in [-0.39, 0.29) is 17.8 Å². The van der Waals surface area contributed by atoms with Crippen LogP contribution in [0.3, 0.4) is 0 Å². The molecule has 1 heterocycles. The van der Waals surface area contributed by atoms with E-state index in [1.54, 1.807) is 0 Å². The van der Waals surface area contributed by atoms with Gasteiger partial charge < -0.3 is 15.2 Å². The minimum Gasteiger partial charge on any atom is -0.396 e. The third-order valence-corrected chi connectivity index (χ3v) is 3.36. The molecule has 96 valence electrons. The van der Waals surface area contributed by atoms with Crippen LogP contribution < -0.4 is 5.32 Å². The van der Waals surface area contributed by atoms with Crippen molar-refractivity contribution in [1.29, 1.82) is 0 Å². The van der Waals surface area contributed by atoms with Gasteiger partial charge in [-0.3, -0.25) is 0 Å². The second-order valence-corrected chi connectivity index (χ2v) is 6.16. The van der Waals surface area contributed by atoms with Crippen molar-refractivity contribution in [3.8, 4) is 0 Å². The van der Waals surface area contributed by atoms with Crippen molar-refractivity contribution < 1.29 is 9.84 Å². The van der Waals surface area contributed by atoms with Crippen molar-refractivity contribution in [2.45, 2.75) is 77.2 Å². The number of aliphatic hydroxyl groups is 1. The summed E-state index contributed by atoms with van der Waals surface area (Å²) in [6.45, 7) is 11.1. The molecule has 0 aromatic rings. The highest BCUT2D eigenvalue weighted by atomic mass is 16.5. The van der Waals surface area contributed by atoms with E-state index in [1.165, 1.54) is 0 Å². The lowest BCUT2D eigenvalue weighted by molar-refractivity contribution is -0.0704. The number of hydrogen-bond acceptors (Lipinski definition) is 3. The molecule has 1 aliphatic rings. The highest BCUT2D eigenvalue weighted by Crippen LogP contribution is 2.37. The maximum absolute atomic E-state index is 8.81. The van der Waals surface area contributed by atoms with Gasteiger partial charge in [-0.05, 0) is 53.9 Å². The first-order valence-corrected chi connectivity index (χ1v) is 6.34. The van der Waals surface area contributed by atoms with E-state index in [4.69, 9.17) is 9.84 Å². The van der Waals surface area contributed by atoms with Crippen molar-refractivity contribution >= 4 is 0 Å². The third kappa shape index (κ3) is 3.72. The zero-order chi connectivity index (χ0) is 12.4. The lowest BCUT2D eigenvalue weighted by Crippen LogP contribution is -2.47. The Hall–Kier alpha value is -0.120. The Bertz CT molecular complexity index is 226. The molecule has 0 aromatic heterocycles. The Morgan fingerprint density at radius 2 is 2.00 bits per heavy atom. The first-order valence-electron chi connectivity index (χ1n) is 6.34. The summed E-state index contributed by atoms with van der Waals surface area (Å²) >= 11 is 0. The third-order valence-electron chi connectivity index (χ3n) is 3.36. The van der Waals surface area contributed by atoms with Gasteiger partial charge in [-0.15, -0.1) is 0 Å². The molecule has 16 heavy (non-hydrogen) atoms. The first-order chi connectivity index (χ1) is 7.27. The van der Waals surface area contributed by atoms with Gasteiger partial charge in [0, 0.05) is 18.7 Å². The predicted octanol–water partition coefficient (Wildman–Crippen LogP) is 2.08. The molecule has 1 rings (SSSR count). The van der Waals surface area contributed by atoms with E-state index in [0.717, 1.165) is 19.3 Å². The average molecular weight is 229 g/mol. The maximum Gasteiger partial charge on any atom is 0.0787 e. The molecule has 0 amide bonds. The van der Waals surface area contributed by atoms with Crippen LogP contribution in [0.4, 0.5) is 0 Å². The molecule has 2 N–H and O–H groups in total. The Morgan fingerprint density at radius 3 is 2.44 bits per heavy atom. The van der Waals surface area contributed by atoms with E-state index < -0.39 is 0 Å². The van der Waals surface area contributed by atoms with Crippen molar-refractivity contribution in [3.05, 3.63) is 0 Å². The Morgan fingerprint density at radius 1 is 1.38 bits per heavy atom. The highest BCUT2D eigenvalue weighted by Gasteiger charge is 2.45. The van der Waals surface area contributed by atoms with Crippen LogP contribution in [0.25, 0.3) is 0 Å². The summed E-state index contributed by atoms with van der Waals surface area (Å²) in [6, 6.07) is 0.838. The molecule has 0 saturated carbocycles. The maximum atomic E-state index is 8.81. The fourth-order valence-corrected chi connectivity index (χ4v) is 2.65. The van der Waals surface area contributed by atoms with Crippen molar-refractivity contribution in [2.24, 2.45) is 0 Å². The summed E-state index contributed by atoms with van der Waals surface area (Å²) in [5, 5.41) is 12.4. The van der Waals surface area contributed by atoms with Gasteiger partial charge in [-0.1, -0.05) is 0 Å². The summed E-state index contributed by atoms with van der Waals surface area (Å²) in [6.07, 6.45) is 2.93. The summed E-state index contributed by atoms with van der Waals surface area (Å²) in [7, 11) is 0. The number of hydrogen-bond donors (Lipinski definition) is 2. The van der Waals surface area contributed by atoms with E-state index >= 15 is 0 Å². The molecule has 2 atom stereocenters. The summed E-state index contributed by atoms with van der Waals surface area (Å²) in [4.78, 5) is 0. The van der Waals surface area contributed by atoms with Crippen LogP contribution in [0, 0.1) is 0 Å². The standard InChI is InChI=1S/C13H27NO2/c1-10(7-6-8-15)14-11-9-12(2,3)16-13(11,4)5/h10-11,14-15H,6-9H2,1-5H3. The quantitative estimate of drug-likeness (QED) is 0.758. The summed E-state index contributed by atoms with van der Waals surface area (Å²) in [5.41, 5.74) is -0.130. The largest absolute Gasteiger partial charge is 0.396 e. The number of ether oxygens (including phenoxy) is 1. The average Bonchev–Trinajstić information content (AvgIpc) is 2.31. The fourth-order valence-electron chi connectivity index (χ4n) is 2.65. The van der Waals surface area contributed by atoms with Gasteiger partial charge in [0.1, 0.15) is 0 Å². The van der Waals surface area contributed by atoms with Crippen LogP contribution >= 0.6 is 0 Å². The van der Waals surface area contributed by atoms with Crippen molar-refractivity contribution in [3.63, 3.8) is 0 Å². The fraction of sp³-hybridized carbons (Fsp3) is 1.00. The van der Waals surface area contributed by atoms with Gasteiger partial charge in [-0.25, -0.2) is 0 Å². The lowest BCUT2D eigenvalue weighted by atomic mass is 9.93. The van der Waals surface area contributed by atoms with Crippen LogP contribution in [-0.4, -0.2) is 35.0 Å². The molecule has 0 radical (unpaired) electrons. The molecule has 0 aliphatic carbocycles. The number of rotatable bonds is 5. The molecular weight excluding hydrogens is 202 g/mol. The molecule has 0 aromatic carbocycles. The zero-order valence-electron chi connectivity index (χ0n) is 11.3. The first kappa shape index (κ1) is 13.9.